The highest BCUT2D eigenvalue weighted by atomic mass is 16.6. The maximum absolute atomic E-state index is 14.6. The number of nitrogens with zero attached hydrogens (tertiary/aromatic N) is 3. The number of hydrogen-bond donors (Lipinski definition) is 2. The third kappa shape index (κ3) is 18.3. The Hall–Kier alpha value is -3.98. The summed E-state index contributed by atoms with van der Waals surface area (Å²) in [7, 11) is 6.66. The summed E-state index contributed by atoms with van der Waals surface area (Å²) in [4.78, 5) is 89.6. The molecule has 1 saturated carbocycles. The van der Waals surface area contributed by atoms with E-state index in [4.69, 9.17) is 33.2 Å². The number of esters is 2. The van der Waals surface area contributed by atoms with Crippen molar-refractivity contribution < 1.29 is 72.1 Å². The van der Waals surface area contributed by atoms with E-state index in [2.05, 4.69) is 16.8 Å². The standard InChI is InChI=1S/C60H95N3O15/c1-38-17-13-12-14-18-39(2)50(72-9)35-46-22-20-44(7)60(71,78-46)57(68)58(69)63-24-16-15-19-47(63)59(70)77-51(36-48(64)40(3)32-43(6)55(67)56(74-11)54(66)42(5)31-38)41(4)33-45-21-23-49(52(34-45)73-10)75-29-30-76-53(65)37-62-27-25-61(8)26-28-62/h12-14,17-18,32,38,40-42,44-47,49-52,55-56,67,71H,15-16,19-31,33-37H2,1-11H3/b14-12+,17-13-,39-18+,43-32+/t38-,40-,41-,42-,44-,45-,46+,47+,49-,50+,51+,52-,55-,56+,60-/m1/s1. The van der Waals surface area contributed by atoms with Gasteiger partial charge in [-0.1, -0.05) is 71.1 Å². The summed E-state index contributed by atoms with van der Waals surface area (Å²) in [5, 5.41) is 23.6. The van der Waals surface area contributed by atoms with E-state index in [1.165, 1.54) is 12.0 Å². The maximum atomic E-state index is 14.6. The number of hydrogen-bond acceptors (Lipinski definition) is 17. The van der Waals surface area contributed by atoms with Gasteiger partial charge in [-0.3, -0.25) is 28.9 Å². The second kappa shape index (κ2) is 31.3. The van der Waals surface area contributed by atoms with E-state index < -0.39 is 77.8 Å². The number of carbonyl (C=O) groups excluding carboxylic acids is 6. The van der Waals surface area contributed by atoms with Crippen molar-refractivity contribution in [2.45, 2.75) is 180 Å². The minimum atomic E-state index is -2.45. The molecule has 0 aromatic heterocycles. The predicted octanol–water partition coefficient (Wildman–Crippen LogP) is 6.00. The van der Waals surface area contributed by atoms with Gasteiger partial charge in [0.05, 0.1) is 37.6 Å². The van der Waals surface area contributed by atoms with Gasteiger partial charge < -0.3 is 53.2 Å². The van der Waals surface area contributed by atoms with Gasteiger partial charge in [-0.25, -0.2) is 4.79 Å². The molecule has 4 aliphatic heterocycles. The molecule has 18 nitrogen and oxygen atoms in total. The Balaban J connectivity index is 1.37. The summed E-state index contributed by atoms with van der Waals surface area (Å²) in [5.41, 5.74) is 1.25. The van der Waals surface area contributed by atoms with Crippen molar-refractivity contribution in [1.82, 2.24) is 14.7 Å². The number of amides is 1. The van der Waals surface area contributed by atoms with Gasteiger partial charge in [-0.15, -0.1) is 0 Å². The quantitative estimate of drug-likeness (QED) is 0.0992. The molecule has 2 N–H and O–H groups in total. The number of cyclic esters (lactones) is 1. The van der Waals surface area contributed by atoms with Crippen molar-refractivity contribution in [3.8, 4) is 0 Å². The Morgan fingerprint density at radius 1 is 0.821 bits per heavy atom. The van der Waals surface area contributed by atoms with Crippen LogP contribution in [-0.4, -0.2) is 196 Å². The third-order valence-corrected chi connectivity index (χ3v) is 17.1. The maximum Gasteiger partial charge on any atom is 0.329 e. The number of allylic oxidation sites excluding steroid dienone is 6. The SMILES string of the molecule is CO[C@H]1C[C@@H]2CC[C@@H](C)[C@@](O)(O2)C(=O)C(=O)N2CCCC[C@H]2C(=O)O[C@H]([C@H](C)C[C@H]2CC[C@@H](OCCOC(=O)CN3CCN(C)CC3)[C@H](OC)C2)CC(=O)[C@H](C)/C=C(\C)[C@@H](O)[C@@H](OC)C(=O)[C@H](C)C[C@H](C)\C=C/C=C/C=C/1C. The number of methoxy groups -OCH3 is 3. The molecule has 0 spiro atoms. The van der Waals surface area contributed by atoms with E-state index in [0.29, 0.717) is 63.4 Å². The number of ketones is 3. The molecule has 15 atom stereocenters. The van der Waals surface area contributed by atoms with Gasteiger partial charge in [0.15, 0.2) is 5.78 Å². The number of ether oxygens (including phenoxy) is 7. The highest BCUT2D eigenvalue weighted by Crippen LogP contribution is 2.38. The van der Waals surface area contributed by atoms with Crippen LogP contribution in [-0.2, 0) is 61.9 Å². The molecule has 4 fully saturated rings. The molecule has 440 valence electrons. The van der Waals surface area contributed by atoms with Crippen LogP contribution >= 0.6 is 0 Å². The zero-order chi connectivity index (χ0) is 57.3. The number of piperidine rings is 1. The van der Waals surface area contributed by atoms with Crippen LogP contribution in [0.1, 0.15) is 126 Å². The van der Waals surface area contributed by atoms with Gasteiger partial charge in [-0.05, 0) is 114 Å². The average Bonchev–Trinajstić information content (AvgIpc) is 3.43. The van der Waals surface area contributed by atoms with Crippen LogP contribution in [0, 0.1) is 35.5 Å². The Morgan fingerprint density at radius 3 is 2.24 bits per heavy atom. The summed E-state index contributed by atoms with van der Waals surface area (Å²) >= 11 is 0. The van der Waals surface area contributed by atoms with Gasteiger partial charge >= 0.3 is 11.9 Å². The monoisotopic (exact) mass is 1100 g/mol. The molecule has 3 saturated heterocycles. The van der Waals surface area contributed by atoms with Crippen molar-refractivity contribution in [2.24, 2.45) is 35.5 Å². The average molecular weight is 1100 g/mol. The highest BCUT2D eigenvalue weighted by Gasteiger charge is 2.53. The Bertz CT molecular complexity index is 2120. The van der Waals surface area contributed by atoms with E-state index in [0.717, 1.165) is 38.2 Å². The molecule has 0 aromatic carbocycles. The fourth-order valence-electron chi connectivity index (χ4n) is 11.9. The molecule has 1 aliphatic carbocycles. The first kappa shape index (κ1) is 64.8. The molecular formula is C60H95N3O15. The van der Waals surface area contributed by atoms with Crippen LogP contribution in [0.25, 0.3) is 0 Å². The Kier molecular flexibility index (Phi) is 26.0. The van der Waals surface area contributed by atoms with Gasteiger partial charge in [0, 0.05) is 84.6 Å². The Morgan fingerprint density at radius 2 is 1.55 bits per heavy atom. The molecule has 5 rings (SSSR count). The molecular weight excluding hydrogens is 1000 g/mol. The van der Waals surface area contributed by atoms with Crippen LogP contribution in [0.15, 0.2) is 47.6 Å². The number of rotatable bonds is 12. The fraction of sp³-hybridized carbons (Fsp3) is 0.767. The second-order valence-electron chi connectivity index (χ2n) is 23.2. The lowest BCUT2D eigenvalue weighted by Gasteiger charge is -2.42. The van der Waals surface area contributed by atoms with Crippen LogP contribution in [0.3, 0.4) is 0 Å². The van der Waals surface area contributed by atoms with Crippen LogP contribution < -0.4 is 0 Å². The number of Topliss-reactive ketones (excluding diaryl/α,β-unsaturated/α-hetero) is 3. The van der Waals surface area contributed by atoms with Gasteiger partial charge in [-0.2, -0.15) is 0 Å². The summed E-state index contributed by atoms with van der Waals surface area (Å²) in [6.07, 6.45) is 11.6. The first-order valence-electron chi connectivity index (χ1n) is 28.8. The van der Waals surface area contributed by atoms with Crippen molar-refractivity contribution in [2.75, 3.05) is 80.9 Å². The van der Waals surface area contributed by atoms with E-state index in [-0.39, 0.29) is 86.6 Å². The van der Waals surface area contributed by atoms with Crippen LogP contribution in [0.4, 0.5) is 0 Å². The molecule has 4 heterocycles. The zero-order valence-electron chi connectivity index (χ0n) is 48.7. The van der Waals surface area contributed by atoms with Gasteiger partial charge in [0.25, 0.3) is 11.7 Å². The number of aliphatic hydroxyl groups excluding tert-OH is 1. The number of aliphatic hydroxyl groups is 2. The van der Waals surface area contributed by atoms with Crippen molar-refractivity contribution in [3.05, 3.63) is 47.6 Å². The molecule has 2 bridgehead atoms. The summed E-state index contributed by atoms with van der Waals surface area (Å²) in [6, 6.07) is -1.16. The number of likely N-dealkylation sites (N-methyl/N-ethyl adjacent to an activating group) is 1. The first-order valence-corrected chi connectivity index (χ1v) is 28.8. The summed E-state index contributed by atoms with van der Waals surface area (Å²) in [5.74, 6) is -8.41. The number of piperazine rings is 1. The third-order valence-electron chi connectivity index (χ3n) is 17.1. The lowest BCUT2D eigenvalue weighted by Crippen LogP contribution is -2.61. The minimum absolute atomic E-state index is 0.00655. The molecule has 1 amide bonds. The first-order chi connectivity index (χ1) is 37.1. The number of fused-ring (bicyclic) bond motifs is 3. The number of carbonyl (C=O) groups is 6. The zero-order valence-corrected chi connectivity index (χ0v) is 48.7. The van der Waals surface area contributed by atoms with Crippen molar-refractivity contribution >= 4 is 35.2 Å². The molecule has 0 aromatic rings. The van der Waals surface area contributed by atoms with Gasteiger partial charge in [0.1, 0.15) is 36.7 Å². The van der Waals surface area contributed by atoms with E-state index >= 15 is 0 Å². The fourth-order valence-corrected chi connectivity index (χ4v) is 11.9. The van der Waals surface area contributed by atoms with Crippen LogP contribution in [0.2, 0.25) is 0 Å². The van der Waals surface area contributed by atoms with E-state index in [1.807, 2.05) is 58.1 Å². The molecule has 78 heavy (non-hydrogen) atoms. The summed E-state index contributed by atoms with van der Waals surface area (Å²) in [6.45, 7) is 16.8. The van der Waals surface area contributed by atoms with Crippen molar-refractivity contribution in [3.63, 3.8) is 0 Å². The lowest BCUT2D eigenvalue weighted by atomic mass is 9.78. The molecule has 0 radical (unpaired) electrons. The summed E-state index contributed by atoms with van der Waals surface area (Å²) < 4.78 is 41.7. The van der Waals surface area contributed by atoms with E-state index in [1.54, 1.807) is 41.1 Å². The minimum Gasteiger partial charge on any atom is -0.462 e. The predicted molar refractivity (Wildman–Crippen MR) is 294 cm³/mol. The molecule has 0 unspecified atom stereocenters. The largest absolute Gasteiger partial charge is 0.462 e. The lowest BCUT2D eigenvalue weighted by molar-refractivity contribution is -0.265. The second-order valence-corrected chi connectivity index (χ2v) is 23.2. The normalized spacial score (nSPS) is 37.3. The smallest absolute Gasteiger partial charge is 0.329 e. The molecule has 5 aliphatic rings. The van der Waals surface area contributed by atoms with E-state index in [9.17, 15) is 39.0 Å². The topological polar surface area (TPSA) is 217 Å². The Labute approximate surface area is 464 Å². The van der Waals surface area contributed by atoms with Crippen LogP contribution in [0.5, 0.6) is 0 Å². The van der Waals surface area contributed by atoms with Gasteiger partial charge in [0.2, 0.25) is 5.79 Å². The molecule has 18 heteroatoms. The highest BCUT2D eigenvalue weighted by molar-refractivity contribution is 6.39. The van der Waals surface area contributed by atoms with Crippen molar-refractivity contribution in [1.29, 1.82) is 0 Å².